The van der Waals surface area contributed by atoms with Crippen molar-refractivity contribution >= 4 is 17.5 Å². The van der Waals surface area contributed by atoms with Gasteiger partial charge in [-0.1, -0.05) is 0 Å². The van der Waals surface area contributed by atoms with E-state index in [9.17, 15) is 4.39 Å². The molecule has 0 atom stereocenters. The van der Waals surface area contributed by atoms with Crippen LogP contribution >= 0.6 is 0 Å². The molecule has 6 nitrogen and oxygen atoms in total. The third-order valence-electron chi connectivity index (χ3n) is 4.95. The molecule has 2 aromatic rings. The molecule has 0 spiro atoms. The molecule has 3 N–H and O–H groups in total. The highest BCUT2D eigenvalue weighted by molar-refractivity contribution is 5.55. The smallest absolute Gasteiger partial charge is 0.222 e. The summed E-state index contributed by atoms with van der Waals surface area (Å²) < 4.78 is 13.1. The van der Waals surface area contributed by atoms with Crippen LogP contribution in [0.5, 0.6) is 0 Å². The lowest BCUT2D eigenvalue weighted by atomic mass is 10.1. The molecule has 0 amide bonds. The average Bonchev–Trinajstić information content (AvgIpc) is 2.87. The number of piperazine rings is 1. The van der Waals surface area contributed by atoms with Crippen LogP contribution in [0.4, 0.5) is 21.8 Å². The lowest BCUT2D eigenvalue weighted by Gasteiger charge is -2.37. The van der Waals surface area contributed by atoms with Gasteiger partial charge in [0.2, 0.25) is 5.95 Å². The van der Waals surface area contributed by atoms with Crippen LogP contribution in [0, 0.1) is 5.82 Å². The predicted molar refractivity (Wildman–Crippen MR) is 97.5 cm³/mol. The monoisotopic (exact) mass is 342 g/mol. The first-order chi connectivity index (χ1) is 12.2. The van der Waals surface area contributed by atoms with Gasteiger partial charge in [0.15, 0.2) is 0 Å². The fraction of sp³-hybridized carbons (Fsp3) is 0.444. The molecule has 1 aromatic heterocycles. The van der Waals surface area contributed by atoms with Crippen LogP contribution < -0.4 is 20.9 Å². The van der Waals surface area contributed by atoms with E-state index in [1.807, 2.05) is 12.1 Å². The van der Waals surface area contributed by atoms with Crippen molar-refractivity contribution in [3.63, 3.8) is 0 Å². The molecule has 2 aliphatic rings. The van der Waals surface area contributed by atoms with Gasteiger partial charge in [0.1, 0.15) is 11.6 Å². The van der Waals surface area contributed by atoms with Gasteiger partial charge in [-0.25, -0.2) is 9.37 Å². The van der Waals surface area contributed by atoms with Gasteiger partial charge >= 0.3 is 0 Å². The van der Waals surface area contributed by atoms with E-state index in [2.05, 4.69) is 25.1 Å². The number of halogens is 1. The van der Waals surface area contributed by atoms with Crippen molar-refractivity contribution in [2.75, 3.05) is 54.8 Å². The summed E-state index contributed by atoms with van der Waals surface area (Å²) in [5, 5.41) is 3.41. The van der Waals surface area contributed by atoms with Crippen LogP contribution in [-0.2, 0) is 12.8 Å². The van der Waals surface area contributed by atoms with Crippen LogP contribution in [0.2, 0.25) is 0 Å². The third kappa shape index (κ3) is 3.37. The first-order valence-corrected chi connectivity index (χ1v) is 8.82. The second-order valence-electron chi connectivity index (χ2n) is 6.53. The van der Waals surface area contributed by atoms with Gasteiger partial charge < -0.3 is 20.9 Å². The Kier molecular flexibility index (Phi) is 4.40. The molecule has 0 bridgehead atoms. The van der Waals surface area contributed by atoms with E-state index in [1.165, 1.54) is 17.7 Å². The van der Waals surface area contributed by atoms with Gasteiger partial charge in [-0.2, -0.15) is 4.98 Å². The Morgan fingerprint density at radius 3 is 2.36 bits per heavy atom. The zero-order valence-electron chi connectivity index (χ0n) is 14.2. The number of aromatic nitrogens is 2. The maximum Gasteiger partial charge on any atom is 0.222 e. The number of rotatable bonds is 2. The fourth-order valence-corrected chi connectivity index (χ4v) is 3.63. The molecule has 1 saturated heterocycles. The van der Waals surface area contributed by atoms with Crippen LogP contribution in [0.1, 0.15) is 11.3 Å². The molecule has 0 saturated carbocycles. The molecule has 7 heteroatoms. The minimum Gasteiger partial charge on any atom is -0.368 e. The first kappa shape index (κ1) is 16.1. The lowest BCUT2D eigenvalue weighted by Crippen LogP contribution is -2.47. The maximum atomic E-state index is 13.1. The summed E-state index contributed by atoms with van der Waals surface area (Å²) in [5.74, 6) is 1.15. The highest BCUT2D eigenvalue weighted by atomic mass is 19.1. The average molecular weight is 342 g/mol. The van der Waals surface area contributed by atoms with Gasteiger partial charge in [-0.15, -0.1) is 0 Å². The molecule has 3 heterocycles. The van der Waals surface area contributed by atoms with Crippen molar-refractivity contribution in [1.82, 2.24) is 15.3 Å². The molecule has 0 aliphatic carbocycles. The Labute approximate surface area is 146 Å². The van der Waals surface area contributed by atoms with Crippen molar-refractivity contribution < 1.29 is 4.39 Å². The fourth-order valence-electron chi connectivity index (χ4n) is 3.63. The molecular formula is C18H23FN6. The zero-order chi connectivity index (χ0) is 17.2. The van der Waals surface area contributed by atoms with Crippen LogP contribution in [0.15, 0.2) is 24.3 Å². The van der Waals surface area contributed by atoms with E-state index in [4.69, 9.17) is 5.73 Å². The van der Waals surface area contributed by atoms with E-state index in [0.717, 1.165) is 69.3 Å². The minimum atomic E-state index is -0.199. The Hall–Kier alpha value is -2.41. The quantitative estimate of drug-likeness (QED) is 0.855. The number of anilines is 3. The summed E-state index contributed by atoms with van der Waals surface area (Å²) in [6.45, 7) is 5.37. The lowest BCUT2D eigenvalue weighted by molar-refractivity contribution is 0.623. The van der Waals surface area contributed by atoms with Crippen LogP contribution in [-0.4, -0.2) is 49.2 Å². The van der Waals surface area contributed by atoms with Gasteiger partial charge in [0.05, 0.1) is 5.69 Å². The summed E-state index contributed by atoms with van der Waals surface area (Å²) >= 11 is 0. The van der Waals surface area contributed by atoms with E-state index >= 15 is 0 Å². The van der Waals surface area contributed by atoms with Crippen molar-refractivity contribution in [2.24, 2.45) is 0 Å². The molecule has 1 fully saturated rings. The molecule has 132 valence electrons. The Balaban J connectivity index is 1.53. The number of hydrogen-bond acceptors (Lipinski definition) is 6. The number of benzene rings is 1. The van der Waals surface area contributed by atoms with Crippen molar-refractivity contribution in [3.05, 3.63) is 41.3 Å². The number of hydrogen-bond donors (Lipinski definition) is 2. The van der Waals surface area contributed by atoms with Crippen LogP contribution in [0.25, 0.3) is 0 Å². The second kappa shape index (κ2) is 6.84. The van der Waals surface area contributed by atoms with Crippen molar-refractivity contribution in [3.8, 4) is 0 Å². The highest BCUT2D eigenvalue weighted by Crippen LogP contribution is 2.26. The summed E-state index contributed by atoms with van der Waals surface area (Å²) in [7, 11) is 0. The first-order valence-electron chi connectivity index (χ1n) is 8.82. The van der Waals surface area contributed by atoms with E-state index in [1.54, 1.807) is 0 Å². The number of nitrogens with two attached hydrogens (primary N) is 1. The normalized spacial score (nSPS) is 18.0. The molecule has 0 radical (unpaired) electrons. The van der Waals surface area contributed by atoms with Gasteiger partial charge in [-0.05, 0) is 37.2 Å². The Morgan fingerprint density at radius 1 is 0.920 bits per heavy atom. The molecule has 25 heavy (non-hydrogen) atoms. The summed E-state index contributed by atoms with van der Waals surface area (Å²) in [6.07, 6.45) is 1.83. The molecular weight excluding hydrogens is 319 g/mol. The molecule has 1 aromatic carbocycles. The topological polar surface area (TPSA) is 70.3 Å². The highest BCUT2D eigenvalue weighted by Gasteiger charge is 2.24. The molecule has 0 unspecified atom stereocenters. The SMILES string of the molecule is Nc1nc2c(c(N3CCN(c4ccc(F)cc4)CC3)n1)CCNCC2. The zero-order valence-corrected chi connectivity index (χ0v) is 14.2. The van der Waals surface area contributed by atoms with E-state index < -0.39 is 0 Å². The Bertz CT molecular complexity index is 740. The minimum absolute atomic E-state index is 0.199. The predicted octanol–water partition coefficient (Wildman–Crippen LogP) is 1.21. The van der Waals surface area contributed by atoms with E-state index in [0.29, 0.717) is 5.95 Å². The van der Waals surface area contributed by atoms with Crippen LogP contribution in [0.3, 0.4) is 0 Å². The second-order valence-corrected chi connectivity index (χ2v) is 6.53. The molecule has 2 aliphatic heterocycles. The molecule has 4 rings (SSSR count). The van der Waals surface area contributed by atoms with Crippen molar-refractivity contribution in [2.45, 2.75) is 12.8 Å². The number of nitrogens with one attached hydrogen (secondary N) is 1. The summed E-state index contributed by atoms with van der Waals surface area (Å²) in [5.41, 5.74) is 9.33. The number of nitrogen functional groups attached to an aromatic ring is 1. The standard InChI is InChI=1S/C18H23FN6/c19-13-1-3-14(4-2-13)24-9-11-25(12-10-24)17-15-5-7-21-8-6-16(15)22-18(20)23-17/h1-4,21H,5-12H2,(H2,20,22,23). The largest absolute Gasteiger partial charge is 0.368 e. The van der Waals surface area contributed by atoms with Gasteiger partial charge in [0.25, 0.3) is 0 Å². The number of nitrogens with zero attached hydrogens (tertiary/aromatic N) is 4. The maximum absolute atomic E-state index is 13.1. The van der Waals surface area contributed by atoms with Gasteiger partial charge in [-0.3, -0.25) is 0 Å². The van der Waals surface area contributed by atoms with E-state index in [-0.39, 0.29) is 5.82 Å². The summed E-state index contributed by atoms with van der Waals surface area (Å²) in [6, 6.07) is 6.70. The van der Waals surface area contributed by atoms with Crippen molar-refractivity contribution in [1.29, 1.82) is 0 Å². The number of fused-ring (bicyclic) bond motifs is 1. The third-order valence-corrected chi connectivity index (χ3v) is 4.95. The Morgan fingerprint density at radius 2 is 1.60 bits per heavy atom. The van der Waals surface area contributed by atoms with Gasteiger partial charge in [0, 0.05) is 50.4 Å². The summed E-state index contributed by atoms with van der Waals surface area (Å²) in [4.78, 5) is 13.6.